The van der Waals surface area contributed by atoms with Crippen LogP contribution >= 0.6 is 23.8 Å². The monoisotopic (exact) mass is 305 g/mol. The van der Waals surface area contributed by atoms with Gasteiger partial charge in [-0.15, -0.1) is 0 Å². The molecule has 0 saturated heterocycles. The van der Waals surface area contributed by atoms with Gasteiger partial charge in [0.1, 0.15) is 17.3 Å². The van der Waals surface area contributed by atoms with Crippen LogP contribution in [-0.2, 0) is 6.61 Å². The van der Waals surface area contributed by atoms with Crippen molar-refractivity contribution >= 4 is 28.8 Å². The molecule has 0 saturated carbocycles. The van der Waals surface area contributed by atoms with Crippen molar-refractivity contribution in [2.24, 2.45) is 5.73 Å². The Hall–Kier alpha value is -1.58. The van der Waals surface area contributed by atoms with Gasteiger partial charge >= 0.3 is 0 Å². The molecule has 2 aromatic rings. The summed E-state index contributed by atoms with van der Waals surface area (Å²) < 4.78 is 5.80. The van der Waals surface area contributed by atoms with E-state index in [9.17, 15) is 0 Å². The SMILES string of the molecule is Cc1cccc(C)c1COc1ccc(C(N)=S)c(Cl)c1. The average Bonchev–Trinajstić information content (AvgIpc) is 2.37. The van der Waals surface area contributed by atoms with Crippen molar-refractivity contribution in [2.75, 3.05) is 0 Å². The first-order valence-corrected chi connectivity index (χ1v) is 7.05. The quantitative estimate of drug-likeness (QED) is 0.861. The van der Waals surface area contributed by atoms with Gasteiger partial charge in [-0.25, -0.2) is 0 Å². The van der Waals surface area contributed by atoms with E-state index in [1.165, 1.54) is 16.7 Å². The largest absolute Gasteiger partial charge is 0.489 e. The summed E-state index contributed by atoms with van der Waals surface area (Å²) in [6.45, 7) is 4.67. The summed E-state index contributed by atoms with van der Waals surface area (Å²) in [6.07, 6.45) is 0. The molecule has 2 rings (SSSR count). The van der Waals surface area contributed by atoms with Crippen LogP contribution in [0.3, 0.4) is 0 Å². The Labute approximate surface area is 129 Å². The van der Waals surface area contributed by atoms with Crippen molar-refractivity contribution in [3.05, 3.63) is 63.7 Å². The summed E-state index contributed by atoms with van der Waals surface area (Å²) in [6, 6.07) is 11.5. The fourth-order valence-electron chi connectivity index (χ4n) is 2.02. The Morgan fingerprint density at radius 1 is 1.20 bits per heavy atom. The molecule has 2 nitrogen and oxygen atoms in total. The van der Waals surface area contributed by atoms with Crippen molar-refractivity contribution in [1.82, 2.24) is 0 Å². The number of ether oxygens (including phenoxy) is 1. The zero-order chi connectivity index (χ0) is 14.7. The zero-order valence-corrected chi connectivity index (χ0v) is 13.0. The van der Waals surface area contributed by atoms with Gasteiger partial charge in [-0.1, -0.05) is 42.0 Å². The summed E-state index contributed by atoms with van der Waals surface area (Å²) in [5.74, 6) is 0.706. The number of halogens is 1. The third-order valence-electron chi connectivity index (χ3n) is 3.23. The zero-order valence-electron chi connectivity index (χ0n) is 11.4. The van der Waals surface area contributed by atoms with Crippen LogP contribution in [0.25, 0.3) is 0 Å². The Balaban J connectivity index is 2.16. The van der Waals surface area contributed by atoms with Crippen LogP contribution in [-0.4, -0.2) is 4.99 Å². The van der Waals surface area contributed by atoms with Gasteiger partial charge in [-0.3, -0.25) is 0 Å². The number of nitrogens with two attached hydrogens (primary N) is 1. The van der Waals surface area contributed by atoms with E-state index in [0.29, 0.717) is 22.9 Å². The van der Waals surface area contributed by atoms with Gasteiger partial charge in [0.15, 0.2) is 0 Å². The van der Waals surface area contributed by atoms with Gasteiger partial charge in [-0.2, -0.15) is 0 Å². The van der Waals surface area contributed by atoms with E-state index in [2.05, 4.69) is 26.0 Å². The minimum atomic E-state index is 0.288. The molecule has 0 unspecified atom stereocenters. The van der Waals surface area contributed by atoms with E-state index >= 15 is 0 Å². The number of hydrogen-bond donors (Lipinski definition) is 1. The van der Waals surface area contributed by atoms with Gasteiger partial charge in [0.25, 0.3) is 0 Å². The molecule has 0 aromatic heterocycles. The maximum Gasteiger partial charge on any atom is 0.121 e. The highest BCUT2D eigenvalue weighted by Gasteiger charge is 2.07. The Bertz CT molecular complexity index is 635. The van der Waals surface area contributed by atoms with Gasteiger partial charge in [0.2, 0.25) is 0 Å². The molecule has 4 heteroatoms. The maximum atomic E-state index is 6.12. The van der Waals surface area contributed by atoms with Gasteiger partial charge in [-0.05, 0) is 48.7 Å². The van der Waals surface area contributed by atoms with E-state index in [1.54, 1.807) is 12.1 Å². The highest BCUT2D eigenvalue weighted by Crippen LogP contribution is 2.24. The molecule has 0 aliphatic rings. The lowest BCUT2D eigenvalue weighted by Gasteiger charge is -2.12. The minimum Gasteiger partial charge on any atom is -0.489 e. The lowest BCUT2D eigenvalue weighted by atomic mass is 10.0. The second-order valence-electron chi connectivity index (χ2n) is 4.66. The smallest absolute Gasteiger partial charge is 0.121 e. The van der Waals surface area contributed by atoms with E-state index in [-0.39, 0.29) is 4.99 Å². The molecular weight excluding hydrogens is 290 g/mol. The molecule has 0 aliphatic heterocycles. The first-order valence-electron chi connectivity index (χ1n) is 6.26. The van der Waals surface area contributed by atoms with E-state index in [4.69, 9.17) is 34.3 Å². The fourth-order valence-corrected chi connectivity index (χ4v) is 2.52. The predicted octanol–water partition coefficient (Wildman–Crippen LogP) is 4.17. The molecule has 0 radical (unpaired) electrons. The highest BCUT2D eigenvalue weighted by atomic mass is 35.5. The van der Waals surface area contributed by atoms with Crippen LogP contribution in [0.15, 0.2) is 36.4 Å². The first kappa shape index (κ1) is 14.8. The second kappa shape index (κ2) is 6.25. The molecule has 0 amide bonds. The summed E-state index contributed by atoms with van der Waals surface area (Å²) in [7, 11) is 0. The number of hydrogen-bond acceptors (Lipinski definition) is 2. The Morgan fingerprint density at radius 2 is 1.85 bits per heavy atom. The number of aryl methyl sites for hydroxylation is 2. The third kappa shape index (κ3) is 3.30. The summed E-state index contributed by atoms with van der Waals surface area (Å²) in [5, 5.41) is 0.511. The van der Waals surface area contributed by atoms with Crippen molar-refractivity contribution in [2.45, 2.75) is 20.5 Å². The van der Waals surface area contributed by atoms with Gasteiger partial charge in [0, 0.05) is 5.56 Å². The molecule has 0 heterocycles. The van der Waals surface area contributed by atoms with Crippen LogP contribution in [0, 0.1) is 13.8 Å². The minimum absolute atomic E-state index is 0.288. The lowest BCUT2D eigenvalue weighted by molar-refractivity contribution is 0.304. The predicted molar refractivity (Wildman–Crippen MR) is 87.6 cm³/mol. The van der Waals surface area contributed by atoms with Gasteiger partial charge < -0.3 is 10.5 Å². The molecule has 104 valence electrons. The van der Waals surface area contributed by atoms with Crippen LogP contribution in [0.5, 0.6) is 5.75 Å². The van der Waals surface area contributed by atoms with Crippen LogP contribution < -0.4 is 10.5 Å². The van der Waals surface area contributed by atoms with Crippen LogP contribution in [0.1, 0.15) is 22.3 Å². The van der Waals surface area contributed by atoms with Crippen molar-refractivity contribution in [3.63, 3.8) is 0 Å². The third-order valence-corrected chi connectivity index (χ3v) is 3.77. The van der Waals surface area contributed by atoms with Crippen molar-refractivity contribution in [3.8, 4) is 5.75 Å². The molecule has 20 heavy (non-hydrogen) atoms. The standard InChI is InChI=1S/C16H16ClNOS/c1-10-4-3-5-11(2)14(10)9-19-12-6-7-13(16(18)20)15(17)8-12/h3-8H,9H2,1-2H3,(H2,18,20). The lowest BCUT2D eigenvalue weighted by Crippen LogP contribution is -2.10. The van der Waals surface area contributed by atoms with E-state index in [1.807, 2.05) is 12.1 Å². The molecular formula is C16H16ClNOS. The molecule has 2 aromatic carbocycles. The van der Waals surface area contributed by atoms with E-state index in [0.717, 1.165) is 0 Å². The molecule has 0 atom stereocenters. The normalized spacial score (nSPS) is 10.3. The highest BCUT2D eigenvalue weighted by molar-refractivity contribution is 7.80. The maximum absolute atomic E-state index is 6.12. The van der Waals surface area contributed by atoms with Gasteiger partial charge in [0.05, 0.1) is 5.02 Å². The number of thiocarbonyl (C=S) groups is 1. The molecule has 0 spiro atoms. The van der Waals surface area contributed by atoms with Crippen LogP contribution in [0.2, 0.25) is 5.02 Å². The topological polar surface area (TPSA) is 35.2 Å². The Kier molecular flexibility index (Phi) is 4.63. The summed E-state index contributed by atoms with van der Waals surface area (Å²) in [4.78, 5) is 0.288. The molecule has 0 fully saturated rings. The Morgan fingerprint density at radius 3 is 2.40 bits per heavy atom. The number of rotatable bonds is 4. The van der Waals surface area contributed by atoms with E-state index < -0.39 is 0 Å². The van der Waals surface area contributed by atoms with Crippen molar-refractivity contribution < 1.29 is 4.74 Å². The molecule has 2 N–H and O–H groups in total. The molecule has 0 bridgehead atoms. The molecule has 0 aliphatic carbocycles. The van der Waals surface area contributed by atoms with Crippen LogP contribution in [0.4, 0.5) is 0 Å². The second-order valence-corrected chi connectivity index (χ2v) is 5.51. The average molecular weight is 306 g/mol. The fraction of sp³-hybridized carbons (Fsp3) is 0.188. The number of benzene rings is 2. The van der Waals surface area contributed by atoms with Crippen molar-refractivity contribution in [1.29, 1.82) is 0 Å². The summed E-state index contributed by atoms with van der Waals surface area (Å²) in [5.41, 5.74) is 9.88. The first-order chi connectivity index (χ1) is 9.49. The summed E-state index contributed by atoms with van der Waals surface area (Å²) >= 11 is 11.0.